The highest BCUT2D eigenvalue weighted by Crippen LogP contribution is 2.18. The Labute approximate surface area is 87.9 Å². The van der Waals surface area contributed by atoms with Gasteiger partial charge in [0.05, 0.1) is 0 Å². The van der Waals surface area contributed by atoms with Crippen molar-refractivity contribution in [2.75, 3.05) is 7.05 Å². The smallest absolute Gasteiger partial charge is 0.106 e. The molecular weight excluding hydrogens is 228 g/mol. The lowest BCUT2D eigenvalue weighted by Gasteiger charge is -2.14. The molecule has 1 N–H and O–H groups in total. The summed E-state index contributed by atoms with van der Waals surface area (Å²) in [5, 5.41) is 3.28. The van der Waals surface area contributed by atoms with Gasteiger partial charge in [-0.05, 0) is 41.0 Å². The van der Waals surface area contributed by atoms with Crippen LogP contribution in [0.15, 0.2) is 22.9 Å². The van der Waals surface area contributed by atoms with Gasteiger partial charge in [-0.15, -0.1) is 0 Å². The fourth-order valence-electron chi connectivity index (χ4n) is 1.36. The van der Waals surface area contributed by atoms with Crippen molar-refractivity contribution < 1.29 is 0 Å². The van der Waals surface area contributed by atoms with Crippen molar-refractivity contribution in [2.45, 2.75) is 25.8 Å². The predicted molar refractivity (Wildman–Crippen MR) is 58.6 cm³/mol. The third kappa shape index (κ3) is 3.08. The topological polar surface area (TPSA) is 24.9 Å². The molecule has 1 aromatic rings. The Balaban J connectivity index is 2.73. The van der Waals surface area contributed by atoms with Crippen LogP contribution in [0.3, 0.4) is 0 Å². The predicted octanol–water partition coefficient (Wildman–Crippen LogP) is 2.90. The van der Waals surface area contributed by atoms with Gasteiger partial charge in [0.2, 0.25) is 0 Å². The molecule has 0 amide bonds. The van der Waals surface area contributed by atoms with Gasteiger partial charge in [0.1, 0.15) is 4.60 Å². The van der Waals surface area contributed by atoms with Crippen LogP contribution in [0.2, 0.25) is 0 Å². The molecule has 0 unspecified atom stereocenters. The van der Waals surface area contributed by atoms with Gasteiger partial charge in [-0.1, -0.05) is 19.4 Å². The maximum absolute atomic E-state index is 4.21. The lowest BCUT2D eigenvalue weighted by molar-refractivity contribution is 0.540. The first kappa shape index (κ1) is 10.7. The summed E-state index contributed by atoms with van der Waals surface area (Å²) in [4.78, 5) is 4.21. The molecule has 2 nitrogen and oxygen atoms in total. The second-order valence-corrected chi connectivity index (χ2v) is 3.86. The molecule has 1 rings (SSSR count). The minimum atomic E-state index is 0.436. The lowest BCUT2D eigenvalue weighted by atomic mass is 10.1. The van der Waals surface area contributed by atoms with Crippen molar-refractivity contribution in [3.8, 4) is 0 Å². The molecular formula is C10H15BrN2. The highest BCUT2D eigenvalue weighted by molar-refractivity contribution is 9.10. The molecule has 1 heterocycles. The molecule has 0 saturated heterocycles. The molecule has 0 saturated carbocycles. The van der Waals surface area contributed by atoms with Crippen molar-refractivity contribution in [3.05, 3.63) is 28.5 Å². The molecule has 0 fully saturated rings. The average Bonchev–Trinajstić information content (AvgIpc) is 2.16. The number of nitrogens with zero attached hydrogens (tertiary/aromatic N) is 1. The fraction of sp³-hybridized carbons (Fsp3) is 0.500. The first-order valence-corrected chi connectivity index (χ1v) is 5.36. The summed E-state index contributed by atoms with van der Waals surface area (Å²) < 4.78 is 0.891. The molecule has 0 bridgehead atoms. The summed E-state index contributed by atoms with van der Waals surface area (Å²) >= 11 is 3.32. The van der Waals surface area contributed by atoms with Crippen LogP contribution >= 0.6 is 15.9 Å². The molecule has 1 atom stereocenters. The standard InChI is InChI=1S/C10H15BrN2/c1-3-4-9(12-2)8-5-6-10(11)13-7-8/h5-7,9,12H,3-4H2,1-2H3/t9-/m0/s1. The summed E-state index contributed by atoms with van der Waals surface area (Å²) in [5.74, 6) is 0. The molecule has 0 spiro atoms. The summed E-state index contributed by atoms with van der Waals surface area (Å²) in [5.41, 5.74) is 1.26. The lowest BCUT2D eigenvalue weighted by Crippen LogP contribution is -2.16. The van der Waals surface area contributed by atoms with Crippen molar-refractivity contribution in [2.24, 2.45) is 0 Å². The Morgan fingerprint density at radius 1 is 1.54 bits per heavy atom. The number of hydrogen-bond acceptors (Lipinski definition) is 2. The van der Waals surface area contributed by atoms with Crippen LogP contribution in [0, 0.1) is 0 Å². The maximum Gasteiger partial charge on any atom is 0.106 e. The largest absolute Gasteiger partial charge is 0.313 e. The van der Waals surface area contributed by atoms with Crippen LogP contribution in [0.5, 0.6) is 0 Å². The number of halogens is 1. The van der Waals surface area contributed by atoms with Crippen molar-refractivity contribution >= 4 is 15.9 Å². The van der Waals surface area contributed by atoms with Crippen LogP contribution in [0.1, 0.15) is 31.4 Å². The molecule has 0 aliphatic heterocycles. The van der Waals surface area contributed by atoms with Crippen LogP contribution < -0.4 is 5.32 Å². The normalized spacial score (nSPS) is 12.8. The van der Waals surface area contributed by atoms with E-state index in [9.17, 15) is 0 Å². The van der Waals surface area contributed by atoms with Gasteiger partial charge in [0.15, 0.2) is 0 Å². The Kier molecular flexibility index (Phi) is 4.39. The number of pyridine rings is 1. The molecule has 0 aliphatic carbocycles. The van der Waals surface area contributed by atoms with Crippen LogP contribution in [0.4, 0.5) is 0 Å². The molecule has 0 aliphatic rings. The first-order chi connectivity index (χ1) is 6.27. The summed E-state index contributed by atoms with van der Waals surface area (Å²) in [6.45, 7) is 2.19. The molecule has 0 aromatic carbocycles. The monoisotopic (exact) mass is 242 g/mol. The summed E-state index contributed by atoms with van der Waals surface area (Å²) in [7, 11) is 1.99. The van der Waals surface area contributed by atoms with Gasteiger partial charge in [0.25, 0.3) is 0 Å². The van der Waals surface area contributed by atoms with E-state index in [1.54, 1.807) is 0 Å². The van der Waals surface area contributed by atoms with Crippen molar-refractivity contribution in [1.82, 2.24) is 10.3 Å². The second kappa shape index (κ2) is 5.35. The van der Waals surface area contributed by atoms with Crippen molar-refractivity contribution in [3.63, 3.8) is 0 Å². The van der Waals surface area contributed by atoms with Gasteiger partial charge < -0.3 is 5.32 Å². The Morgan fingerprint density at radius 2 is 2.31 bits per heavy atom. The highest BCUT2D eigenvalue weighted by atomic mass is 79.9. The zero-order chi connectivity index (χ0) is 9.68. The van der Waals surface area contributed by atoms with Crippen molar-refractivity contribution in [1.29, 1.82) is 0 Å². The Bertz CT molecular complexity index is 246. The van der Waals surface area contributed by atoms with Gasteiger partial charge in [-0.25, -0.2) is 4.98 Å². The molecule has 13 heavy (non-hydrogen) atoms. The molecule has 72 valence electrons. The number of nitrogens with one attached hydrogen (secondary N) is 1. The summed E-state index contributed by atoms with van der Waals surface area (Å²) in [6, 6.07) is 4.52. The van der Waals surface area contributed by atoms with E-state index in [1.165, 1.54) is 12.0 Å². The second-order valence-electron chi connectivity index (χ2n) is 3.04. The number of aromatic nitrogens is 1. The van der Waals surface area contributed by atoms with E-state index >= 15 is 0 Å². The minimum Gasteiger partial charge on any atom is -0.313 e. The minimum absolute atomic E-state index is 0.436. The zero-order valence-electron chi connectivity index (χ0n) is 8.05. The van der Waals surface area contributed by atoms with E-state index in [2.05, 4.69) is 39.2 Å². The van der Waals surface area contributed by atoms with Gasteiger partial charge >= 0.3 is 0 Å². The zero-order valence-corrected chi connectivity index (χ0v) is 9.63. The third-order valence-electron chi connectivity index (χ3n) is 2.08. The molecule has 1 aromatic heterocycles. The van der Waals surface area contributed by atoms with Gasteiger partial charge in [0, 0.05) is 12.2 Å². The number of hydrogen-bond donors (Lipinski definition) is 1. The first-order valence-electron chi connectivity index (χ1n) is 4.56. The average molecular weight is 243 g/mol. The van der Waals surface area contributed by atoms with E-state index in [-0.39, 0.29) is 0 Å². The van der Waals surface area contributed by atoms with Crippen LogP contribution in [-0.2, 0) is 0 Å². The van der Waals surface area contributed by atoms with Crippen LogP contribution in [0.25, 0.3) is 0 Å². The quantitative estimate of drug-likeness (QED) is 0.822. The number of rotatable bonds is 4. The van der Waals surface area contributed by atoms with Gasteiger partial charge in [-0.3, -0.25) is 0 Å². The highest BCUT2D eigenvalue weighted by Gasteiger charge is 2.07. The summed E-state index contributed by atoms with van der Waals surface area (Å²) in [6.07, 6.45) is 4.25. The Hall–Kier alpha value is -0.410. The van der Waals surface area contributed by atoms with E-state index in [0.717, 1.165) is 11.0 Å². The van der Waals surface area contributed by atoms with E-state index in [1.807, 2.05) is 19.3 Å². The Morgan fingerprint density at radius 3 is 2.77 bits per heavy atom. The fourth-order valence-corrected chi connectivity index (χ4v) is 1.59. The SMILES string of the molecule is CCC[C@H](NC)c1ccc(Br)nc1. The van der Waals surface area contributed by atoms with Gasteiger partial charge in [-0.2, -0.15) is 0 Å². The van der Waals surface area contributed by atoms with E-state index in [4.69, 9.17) is 0 Å². The van der Waals surface area contributed by atoms with E-state index in [0.29, 0.717) is 6.04 Å². The van der Waals surface area contributed by atoms with Crippen LogP contribution in [-0.4, -0.2) is 12.0 Å². The molecule has 3 heteroatoms. The molecule has 0 radical (unpaired) electrons. The third-order valence-corrected chi connectivity index (χ3v) is 2.55. The van der Waals surface area contributed by atoms with E-state index < -0.39 is 0 Å². The maximum atomic E-state index is 4.21.